The number of hydrogen-bond donors (Lipinski definition) is 1. The van der Waals surface area contributed by atoms with Crippen molar-refractivity contribution in [3.05, 3.63) is 224 Å². The third-order valence-corrected chi connectivity index (χ3v) is 24.5. The summed E-state index contributed by atoms with van der Waals surface area (Å²) in [6, 6.07) is 28.4. The SMILES string of the molecule is COc1cc(/C(=N/N)c2cccn(C(CO[Si](C)(C)C(C)(C)C)c3ccc(F)cc3)c2=O)ccc1-n1cnc(C)c1.COc1cc(C(=O)c2cccn(C(CO[Si](C)(C)C(C)(C)C)c3ccc(F)cc3)c2=O)ccc1-n1cnc(C)c1. The first-order valence-electron chi connectivity index (χ1n) is 26.6. The molecule has 0 amide bonds. The maximum atomic E-state index is 14.1. The zero-order chi connectivity index (χ0) is 59.2. The minimum Gasteiger partial charge on any atom is -0.495 e. The lowest BCUT2D eigenvalue weighted by Gasteiger charge is -2.37. The van der Waals surface area contributed by atoms with Gasteiger partial charge in [-0.05, 0) is 140 Å². The van der Waals surface area contributed by atoms with Gasteiger partial charge >= 0.3 is 0 Å². The van der Waals surface area contributed by atoms with Crippen LogP contribution in [-0.2, 0) is 8.85 Å². The number of carbonyl (C=O) groups excluding carboxylic acids is 1. The van der Waals surface area contributed by atoms with Crippen molar-refractivity contribution >= 4 is 28.1 Å². The highest BCUT2D eigenvalue weighted by atomic mass is 28.4. The lowest BCUT2D eigenvalue weighted by atomic mass is 10.0. The Bertz CT molecular complexity index is 3650. The Morgan fingerprint density at radius 2 is 1.00 bits per heavy atom. The van der Waals surface area contributed by atoms with Gasteiger partial charge in [0.1, 0.15) is 28.8 Å². The molecular formula is C62H74F2N8O7Si2. The monoisotopic (exact) mass is 1140 g/mol. The predicted octanol–water partition coefficient (Wildman–Crippen LogP) is 12.1. The van der Waals surface area contributed by atoms with Crippen LogP contribution in [0.2, 0.25) is 36.3 Å². The molecule has 0 aliphatic heterocycles. The minimum atomic E-state index is -2.17. The molecule has 426 valence electrons. The van der Waals surface area contributed by atoms with Crippen molar-refractivity contribution in [2.75, 3.05) is 27.4 Å². The van der Waals surface area contributed by atoms with Crippen LogP contribution in [0.4, 0.5) is 8.78 Å². The second-order valence-electron chi connectivity index (χ2n) is 23.0. The lowest BCUT2D eigenvalue weighted by Crippen LogP contribution is -2.43. The summed E-state index contributed by atoms with van der Waals surface area (Å²) in [5.41, 5.74) is 5.58. The Kier molecular flexibility index (Phi) is 18.7. The van der Waals surface area contributed by atoms with Crippen LogP contribution in [0.5, 0.6) is 11.5 Å². The van der Waals surface area contributed by atoms with Crippen molar-refractivity contribution in [1.29, 1.82) is 0 Å². The summed E-state index contributed by atoms with van der Waals surface area (Å²) >= 11 is 0. The molecule has 0 fully saturated rings. The van der Waals surface area contributed by atoms with Crippen LogP contribution < -0.4 is 26.4 Å². The number of methoxy groups -OCH3 is 2. The Morgan fingerprint density at radius 3 is 1.38 bits per heavy atom. The lowest BCUT2D eigenvalue weighted by molar-refractivity contribution is 0.103. The van der Waals surface area contributed by atoms with Crippen LogP contribution in [0.1, 0.15) is 103 Å². The van der Waals surface area contributed by atoms with Gasteiger partial charge in [0.25, 0.3) is 11.1 Å². The van der Waals surface area contributed by atoms with Gasteiger partial charge in [0, 0.05) is 35.9 Å². The predicted molar refractivity (Wildman–Crippen MR) is 320 cm³/mol. The highest BCUT2D eigenvalue weighted by Gasteiger charge is 2.39. The number of ether oxygens (including phenoxy) is 2. The van der Waals surface area contributed by atoms with Crippen LogP contribution in [0.25, 0.3) is 11.4 Å². The Morgan fingerprint density at radius 1 is 0.605 bits per heavy atom. The Balaban J connectivity index is 0.000000234. The molecule has 2 atom stereocenters. The van der Waals surface area contributed by atoms with E-state index in [1.165, 1.54) is 42.0 Å². The van der Waals surface area contributed by atoms with Crippen LogP contribution in [0, 0.1) is 25.5 Å². The number of rotatable bonds is 18. The molecule has 8 aromatic rings. The zero-order valence-electron chi connectivity index (χ0n) is 48.7. The minimum absolute atomic E-state index is 0.0207. The smallest absolute Gasteiger partial charge is 0.262 e. The molecule has 19 heteroatoms. The van der Waals surface area contributed by atoms with Crippen LogP contribution >= 0.6 is 0 Å². The van der Waals surface area contributed by atoms with Gasteiger partial charge in [-0.2, -0.15) is 5.10 Å². The van der Waals surface area contributed by atoms with Crippen molar-refractivity contribution < 1.29 is 31.9 Å². The van der Waals surface area contributed by atoms with E-state index in [0.29, 0.717) is 39.5 Å². The number of halogens is 2. The van der Waals surface area contributed by atoms with E-state index in [4.69, 9.17) is 24.2 Å². The van der Waals surface area contributed by atoms with Crippen LogP contribution in [0.3, 0.4) is 0 Å². The third kappa shape index (κ3) is 13.8. The number of hydrogen-bond acceptors (Lipinski definition) is 11. The van der Waals surface area contributed by atoms with Crippen LogP contribution in [0.15, 0.2) is 161 Å². The molecule has 0 aliphatic carbocycles. The summed E-state index contributed by atoms with van der Waals surface area (Å²) in [6.07, 6.45) is 10.5. The fourth-order valence-corrected chi connectivity index (χ4v) is 10.6. The molecule has 8 rings (SSSR count). The molecule has 0 saturated carbocycles. The maximum Gasteiger partial charge on any atom is 0.262 e. The first-order chi connectivity index (χ1) is 38.2. The van der Waals surface area contributed by atoms with E-state index in [9.17, 15) is 23.2 Å². The Labute approximate surface area is 474 Å². The number of ketones is 1. The molecule has 4 heterocycles. The molecule has 0 spiro atoms. The van der Waals surface area contributed by atoms with E-state index in [1.54, 1.807) is 103 Å². The molecule has 4 aromatic carbocycles. The summed E-state index contributed by atoms with van der Waals surface area (Å²) in [4.78, 5) is 50.0. The zero-order valence-corrected chi connectivity index (χ0v) is 50.7. The van der Waals surface area contributed by atoms with Crippen molar-refractivity contribution in [2.24, 2.45) is 10.9 Å². The fraction of sp³-hybridized carbons (Fsp3) is 0.323. The van der Waals surface area contributed by atoms with Gasteiger partial charge in [-0.25, -0.2) is 18.7 Å². The topological polar surface area (TPSA) is 172 Å². The molecular weight excluding hydrogens is 1060 g/mol. The molecule has 2 N–H and O–H groups in total. The molecule has 0 saturated heterocycles. The van der Waals surface area contributed by atoms with Crippen molar-refractivity contribution in [3.63, 3.8) is 0 Å². The second-order valence-corrected chi connectivity index (χ2v) is 32.6. The number of carbonyl (C=O) groups is 1. The number of imidazole rings is 2. The van der Waals surface area contributed by atoms with E-state index in [0.717, 1.165) is 28.3 Å². The highest BCUT2D eigenvalue weighted by molar-refractivity contribution is 6.74. The average molecular weight is 1140 g/mol. The van der Waals surface area contributed by atoms with Gasteiger partial charge in [0.05, 0.1) is 86.1 Å². The van der Waals surface area contributed by atoms with Crippen molar-refractivity contribution in [2.45, 2.75) is 104 Å². The number of pyridine rings is 2. The van der Waals surface area contributed by atoms with Gasteiger partial charge in [-0.1, -0.05) is 71.9 Å². The number of nitrogens with zero attached hydrogens (tertiary/aromatic N) is 7. The largest absolute Gasteiger partial charge is 0.495 e. The second kappa shape index (κ2) is 24.9. The normalized spacial score (nSPS) is 13.1. The number of nitrogens with two attached hydrogens (primary N) is 1. The number of benzene rings is 4. The standard InChI is InChI=1S/C31H38FN5O3Si.C31H36FN3O4Si/c1-21-18-36(20-34-21)26-15-12-23(17-28(26)39-5)29(35-33)25-9-8-16-37(30(25)38)27(22-10-13-24(32)14-11-22)19-40-41(6,7)31(2,3)4;1-21-18-34(20-33-21)26-15-12-23(17-28(26)38-5)29(36)25-9-8-16-35(30(25)37)27(22-10-13-24(32)14-11-22)19-39-40(6,7)31(2,3)4/h8-18,20,27H,19,33H2,1-7H3;8-18,20,27H,19H2,1-7H3/b35-29-;. The first kappa shape index (κ1) is 60.8. The average Bonchev–Trinajstić information content (AvgIpc) is 4.14. The molecule has 15 nitrogen and oxygen atoms in total. The van der Waals surface area contributed by atoms with E-state index in [2.05, 4.69) is 82.8 Å². The summed E-state index contributed by atoms with van der Waals surface area (Å²) in [7, 11) is -1.21. The molecule has 4 aromatic heterocycles. The van der Waals surface area contributed by atoms with Crippen molar-refractivity contribution in [1.82, 2.24) is 28.2 Å². The van der Waals surface area contributed by atoms with Gasteiger partial charge in [-0.15, -0.1) is 0 Å². The van der Waals surface area contributed by atoms with Crippen LogP contribution in [-0.4, -0.2) is 83.8 Å². The van der Waals surface area contributed by atoms with Crippen molar-refractivity contribution in [3.8, 4) is 22.9 Å². The quantitative estimate of drug-likeness (QED) is 0.0286. The van der Waals surface area contributed by atoms with Gasteiger partial charge in [-0.3, -0.25) is 14.4 Å². The van der Waals surface area contributed by atoms with Gasteiger partial charge in [0.2, 0.25) is 0 Å². The molecule has 0 radical (unpaired) electrons. The van der Waals surface area contributed by atoms with E-state index in [-0.39, 0.29) is 46.0 Å². The molecule has 2 unspecified atom stereocenters. The number of hydrazone groups is 1. The van der Waals surface area contributed by atoms with Gasteiger partial charge < -0.3 is 42.4 Å². The molecule has 0 aliphatic rings. The van der Waals surface area contributed by atoms with E-state index < -0.39 is 40.1 Å². The molecule has 81 heavy (non-hydrogen) atoms. The highest BCUT2D eigenvalue weighted by Crippen LogP contribution is 2.39. The fourth-order valence-electron chi connectivity index (χ4n) is 8.55. The summed E-state index contributed by atoms with van der Waals surface area (Å²) in [6.45, 7) is 25.8. The van der Waals surface area contributed by atoms with E-state index in [1.807, 2.05) is 47.5 Å². The van der Waals surface area contributed by atoms with E-state index >= 15 is 0 Å². The number of aryl methyl sites for hydroxylation is 2. The summed E-state index contributed by atoms with van der Waals surface area (Å²) in [5.74, 6) is 5.80. The van der Waals surface area contributed by atoms with Gasteiger partial charge in [0.15, 0.2) is 22.4 Å². The molecule has 0 bridgehead atoms. The number of aromatic nitrogens is 6. The Hall–Kier alpha value is -7.85. The maximum absolute atomic E-state index is 14.1. The summed E-state index contributed by atoms with van der Waals surface area (Å²) in [5, 5.41) is 3.97. The summed E-state index contributed by atoms with van der Waals surface area (Å²) < 4.78 is 58.7. The first-order valence-corrected chi connectivity index (χ1v) is 32.4. The third-order valence-electron chi connectivity index (χ3n) is 15.5.